The number of aromatic nitrogens is 1. The summed E-state index contributed by atoms with van der Waals surface area (Å²) in [5.74, 6) is 0.109. The van der Waals surface area contributed by atoms with Gasteiger partial charge in [0.25, 0.3) is 0 Å². The molecule has 7 heteroatoms. The Morgan fingerprint density at radius 1 is 1.31 bits per heavy atom. The molecule has 0 fully saturated rings. The van der Waals surface area contributed by atoms with E-state index in [2.05, 4.69) is 11.9 Å². The highest BCUT2D eigenvalue weighted by Gasteiger charge is 2.20. The van der Waals surface area contributed by atoms with Crippen LogP contribution in [0.1, 0.15) is 44.9 Å². The molecule has 2 heterocycles. The van der Waals surface area contributed by atoms with Crippen LogP contribution in [-0.4, -0.2) is 23.7 Å². The summed E-state index contributed by atoms with van der Waals surface area (Å²) in [7, 11) is 0. The van der Waals surface area contributed by atoms with Crippen LogP contribution in [0.4, 0.5) is 0 Å². The summed E-state index contributed by atoms with van der Waals surface area (Å²) >= 11 is 1.42. The third-order valence-electron chi connectivity index (χ3n) is 4.53. The molecule has 0 amide bonds. The van der Waals surface area contributed by atoms with Gasteiger partial charge >= 0.3 is 5.97 Å². The highest BCUT2D eigenvalue weighted by Crippen LogP contribution is 2.30. The van der Waals surface area contributed by atoms with Crippen LogP contribution in [0.25, 0.3) is 21.5 Å². The number of carbonyl (C=O) groups excluding carboxylic acids is 1. The van der Waals surface area contributed by atoms with Crippen molar-refractivity contribution in [1.82, 2.24) is 4.98 Å². The lowest BCUT2D eigenvalue weighted by Gasteiger charge is -2.17. The predicted octanol–water partition coefficient (Wildman–Crippen LogP) is 4.90. The topological polar surface area (TPSA) is 78.6 Å². The van der Waals surface area contributed by atoms with E-state index in [1.807, 2.05) is 18.4 Å². The van der Waals surface area contributed by atoms with Gasteiger partial charge in [0.15, 0.2) is 6.10 Å². The summed E-state index contributed by atoms with van der Waals surface area (Å²) in [4.78, 5) is 29.4. The summed E-state index contributed by atoms with van der Waals surface area (Å²) in [6.07, 6.45) is 3.35. The molecule has 1 aromatic carbocycles. The first kappa shape index (κ1) is 21.0. The van der Waals surface area contributed by atoms with Crippen molar-refractivity contribution in [3.63, 3.8) is 0 Å². The third-order valence-corrected chi connectivity index (χ3v) is 5.52. The number of esters is 1. The molecule has 29 heavy (non-hydrogen) atoms. The van der Waals surface area contributed by atoms with Crippen LogP contribution in [0.2, 0.25) is 0 Å². The summed E-state index contributed by atoms with van der Waals surface area (Å²) in [5.41, 5.74) is 2.48. The van der Waals surface area contributed by atoms with Crippen molar-refractivity contribution >= 4 is 28.3 Å². The van der Waals surface area contributed by atoms with Crippen molar-refractivity contribution < 1.29 is 18.7 Å². The van der Waals surface area contributed by atoms with E-state index in [0.717, 1.165) is 30.5 Å². The first-order valence-electron chi connectivity index (χ1n) is 9.78. The number of thiazole rings is 1. The van der Waals surface area contributed by atoms with Crippen LogP contribution in [-0.2, 0) is 16.0 Å². The maximum Gasteiger partial charge on any atom is 0.347 e. The van der Waals surface area contributed by atoms with Gasteiger partial charge < -0.3 is 13.9 Å². The molecule has 0 aliphatic carbocycles. The molecule has 0 N–H and O–H groups in total. The zero-order valence-electron chi connectivity index (χ0n) is 17.1. The SMILES string of the molecule is CCCCc1cc2c(=O)c(-c3nc(C)cs3)coc2cc1OC(C)C(=O)OCC. The van der Waals surface area contributed by atoms with E-state index in [4.69, 9.17) is 13.9 Å². The Labute approximate surface area is 173 Å². The minimum absolute atomic E-state index is 0.122. The fraction of sp³-hybridized carbons (Fsp3) is 0.409. The van der Waals surface area contributed by atoms with Crippen molar-refractivity contribution in [2.75, 3.05) is 6.61 Å². The molecule has 0 radical (unpaired) electrons. The van der Waals surface area contributed by atoms with E-state index >= 15 is 0 Å². The van der Waals surface area contributed by atoms with Gasteiger partial charge in [0.05, 0.1) is 17.6 Å². The van der Waals surface area contributed by atoms with Crippen molar-refractivity contribution in [2.45, 2.75) is 53.1 Å². The Morgan fingerprint density at radius 2 is 2.10 bits per heavy atom. The monoisotopic (exact) mass is 415 g/mol. The molecular weight excluding hydrogens is 390 g/mol. The van der Waals surface area contributed by atoms with Gasteiger partial charge in [-0.2, -0.15) is 0 Å². The summed E-state index contributed by atoms with van der Waals surface area (Å²) < 4.78 is 16.7. The molecule has 0 saturated heterocycles. The average molecular weight is 416 g/mol. The molecule has 0 aliphatic heterocycles. The molecule has 6 nitrogen and oxygen atoms in total. The predicted molar refractivity (Wildman–Crippen MR) is 114 cm³/mol. The van der Waals surface area contributed by atoms with Crippen LogP contribution in [0.15, 0.2) is 33.0 Å². The van der Waals surface area contributed by atoms with Gasteiger partial charge in [-0.05, 0) is 45.2 Å². The molecule has 3 rings (SSSR count). The Balaban J connectivity index is 2.05. The quantitative estimate of drug-likeness (QED) is 0.487. The van der Waals surface area contributed by atoms with Gasteiger partial charge in [-0.15, -0.1) is 11.3 Å². The van der Waals surface area contributed by atoms with E-state index < -0.39 is 12.1 Å². The van der Waals surface area contributed by atoms with Gasteiger partial charge in [-0.3, -0.25) is 4.79 Å². The van der Waals surface area contributed by atoms with Gasteiger partial charge in [-0.25, -0.2) is 9.78 Å². The van der Waals surface area contributed by atoms with Gasteiger partial charge in [-0.1, -0.05) is 13.3 Å². The van der Waals surface area contributed by atoms with Crippen LogP contribution in [0, 0.1) is 6.92 Å². The fourth-order valence-electron chi connectivity index (χ4n) is 3.00. The minimum atomic E-state index is -0.753. The number of aryl methyl sites for hydroxylation is 2. The average Bonchev–Trinajstić information content (AvgIpc) is 3.13. The Bertz CT molecular complexity index is 1070. The maximum absolute atomic E-state index is 13.1. The molecule has 2 aromatic heterocycles. The summed E-state index contributed by atoms with van der Waals surface area (Å²) in [6, 6.07) is 3.50. The number of carbonyl (C=O) groups is 1. The number of benzene rings is 1. The Kier molecular flexibility index (Phi) is 6.69. The van der Waals surface area contributed by atoms with E-state index in [9.17, 15) is 9.59 Å². The second-order valence-corrected chi connectivity index (χ2v) is 7.70. The lowest BCUT2D eigenvalue weighted by molar-refractivity contribution is -0.150. The number of rotatable bonds is 8. The number of nitrogens with zero attached hydrogens (tertiary/aromatic N) is 1. The van der Waals surface area contributed by atoms with Gasteiger partial charge in [0.2, 0.25) is 5.43 Å². The number of unbranched alkanes of at least 4 members (excludes halogenated alkanes) is 1. The molecule has 0 spiro atoms. The van der Waals surface area contributed by atoms with E-state index in [-0.39, 0.29) is 5.43 Å². The normalized spacial score (nSPS) is 12.1. The first-order valence-corrected chi connectivity index (χ1v) is 10.7. The van der Waals surface area contributed by atoms with Gasteiger partial charge in [0.1, 0.15) is 22.6 Å². The van der Waals surface area contributed by atoms with Crippen LogP contribution < -0.4 is 10.2 Å². The number of ether oxygens (including phenoxy) is 2. The van der Waals surface area contributed by atoms with Crippen LogP contribution >= 0.6 is 11.3 Å². The van der Waals surface area contributed by atoms with Crippen molar-refractivity contribution in [3.05, 3.63) is 45.3 Å². The highest BCUT2D eigenvalue weighted by molar-refractivity contribution is 7.13. The second kappa shape index (κ2) is 9.22. The van der Waals surface area contributed by atoms with Crippen molar-refractivity contribution in [2.24, 2.45) is 0 Å². The van der Waals surface area contributed by atoms with Crippen molar-refractivity contribution in [1.29, 1.82) is 0 Å². The lowest BCUT2D eigenvalue weighted by atomic mass is 10.0. The Morgan fingerprint density at radius 3 is 2.76 bits per heavy atom. The lowest BCUT2D eigenvalue weighted by Crippen LogP contribution is -2.26. The zero-order valence-corrected chi connectivity index (χ0v) is 17.9. The molecule has 0 bridgehead atoms. The number of fused-ring (bicyclic) bond motifs is 1. The molecule has 154 valence electrons. The number of hydrogen-bond acceptors (Lipinski definition) is 7. The first-order chi connectivity index (χ1) is 13.9. The van der Waals surface area contributed by atoms with Gasteiger partial charge in [0, 0.05) is 17.1 Å². The molecule has 1 atom stereocenters. The molecule has 0 aliphatic rings. The smallest absolute Gasteiger partial charge is 0.347 e. The van der Waals surface area contributed by atoms with E-state index in [1.165, 1.54) is 17.6 Å². The fourth-order valence-corrected chi connectivity index (χ4v) is 3.80. The van der Waals surface area contributed by atoms with E-state index in [0.29, 0.717) is 33.9 Å². The number of hydrogen-bond donors (Lipinski definition) is 0. The molecule has 0 saturated carbocycles. The second-order valence-electron chi connectivity index (χ2n) is 6.84. The van der Waals surface area contributed by atoms with E-state index in [1.54, 1.807) is 19.9 Å². The third kappa shape index (κ3) is 4.67. The standard InChI is InChI=1S/C22H25NO5S/c1-5-7-8-15-9-16-19(10-18(15)28-14(4)22(25)26-6-2)27-11-17(20(16)24)21-23-13(3)12-29-21/h9-12,14H,5-8H2,1-4H3. The zero-order chi connectivity index (χ0) is 21.0. The van der Waals surface area contributed by atoms with Crippen LogP contribution in [0.3, 0.4) is 0 Å². The summed E-state index contributed by atoms with van der Waals surface area (Å²) in [5, 5.41) is 3.03. The summed E-state index contributed by atoms with van der Waals surface area (Å²) in [6.45, 7) is 7.68. The molecular formula is C22H25NO5S. The largest absolute Gasteiger partial charge is 0.479 e. The maximum atomic E-state index is 13.1. The Hall–Kier alpha value is -2.67. The minimum Gasteiger partial charge on any atom is -0.479 e. The van der Waals surface area contributed by atoms with Crippen molar-refractivity contribution in [3.8, 4) is 16.3 Å². The highest BCUT2D eigenvalue weighted by atomic mass is 32.1. The molecule has 3 aromatic rings. The molecule has 1 unspecified atom stereocenters. The van der Waals surface area contributed by atoms with Crippen LogP contribution in [0.5, 0.6) is 5.75 Å².